The van der Waals surface area contributed by atoms with E-state index in [4.69, 9.17) is 4.79 Å². The third-order valence-corrected chi connectivity index (χ3v) is 2.00. The maximum atomic E-state index is 7.50. The smallest absolute Gasteiger partial charge is 0.281 e. The van der Waals surface area contributed by atoms with Gasteiger partial charge in [0.2, 0.25) is 0 Å². The zero-order chi connectivity index (χ0) is 7.66. The van der Waals surface area contributed by atoms with E-state index in [0.29, 0.717) is 0 Å². The minimum Gasteiger partial charge on any atom is -0.281 e. The van der Waals surface area contributed by atoms with Crippen LogP contribution in [0.15, 0.2) is 0 Å². The van der Waals surface area contributed by atoms with Gasteiger partial charge in [0, 0.05) is 17.4 Å². The van der Waals surface area contributed by atoms with Gasteiger partial charge in [0.1, 0.15) is 0 Å². The number of rotatable bonds is 0. The monoisotopic (exact) mass is 192 g/mol. The molecule has 1 rings (SSSR count). The summed E-state index contributed by atoms with van der Waals surface area (Å²) in [6, 6.07) is 0. The molecule has 64 valence electrons. The van der Waals surface area contributed by atoms with Crippen molar-refractivity contribution in [3.8, 4) is 0 Å². The molecule has 0 atom stereocenters. The van der Waals surface area contributed by atoms with Crippen molar-refractivity contribution in [2.75, 3.05) is 0 Å². The Morgan fingerprint density at radius 1 is 0.545 bits per heavy atom. The van der Waals surface area contributed by atoms with E-state index in [1.54, 1.807) is 0 Å². The number of carbonyl (C=O) groups excluding carboxylic acids is 1. The van der Waals surface area contributed by atoms with Crippen molar-refractivity contribution in [2.24, 2.45) is 0 Å². The average molecular weight is 192 g/mol. The second-order valence-corrected chi connectivity index (χ2v) is 2.83. The molecule has 0 unspecified atom stereocenters. The Kier molecular flexibility index (Phi) is 16.1. The molecule has 0 spiro atoms. The summed E-state index contributed by atoms with van der Waals surface area (Å²) >= 11 is 0. The van der Waals surface area contributed by atoms with E-state index in [2.05, 4.69) is 6.79 Å². The zero-order valence-electron chi connectivity index (χ0n) is 6.97. The van der Waals surface area contributed by atoms with Crippen molar-refractivity contribution >= 4 is 6.79 Å². The van der Waals surface area contributed by atoms with Gasteiger partial charge in [-0.2, -0.15) is 0 Å². The Morgan fingerprint density at radius 3 is 0.727 bits per heavy atom. The number of hydrogen-bond donors (Lipinski definition) is 0. The minimum absolute atomic E-state index is 0. The molecule has 0 aromatic heterocycles. The summed E-state index contributed by atoms with van der Waals surface area (Å²) in [6.07, 6.45) is 12.0. The van der Waals surface area contributed by atoms with Gasteiger partial charge in [-0.25, -0.2) is 0 Å². The Labute approximate surface area is 80.7 Å². The second-order valence-electron chi connectivity index (χ2n) is 2.83. The molecule has 0 saturated heterocycles. The van der Waals surface area contributed by atoms with Crippen LogP contribution in [0.4, 0.5) is 0 Å². The number of hydrogen-bond acceptors (Lipinski definition) is 1. The summed E-state index contributed by atoms with van der Waals surface area (Å²) in [5.74, 6) is 0. The first kappa shape index (κ1) is 13.8. The third kappa shape index (κ3) is 10.2. The van der Waals surface area contributed by atoms with Gasteiger partial charge in [-0.3, -0.25) is 4.79 Å². The zero-order valence-corrected chi connectivity index (χ0v) is 8.25. The fraction of sp³-hybridized carbons (Fsp3) is 0.889. The van der Waals surface area contributed by atoms with Crippen molar-refractivity contribution in [1.29, 1.82) is 0 Å². The minimum atomic E-state index is 0. The first-order valence-corrected chi connectivity index (χ1v) is 4.20. The molecule has 0 aliphatic heterocycles. The molecule has 0 N–H and O–H groups in total. The normalized spacial score (nSPS) is 17.8. The molecule has 1 aliphatic carbocycles. The molecule has 0 aromatic rings. The van der Waals surface area contributed by atoms with E-state index >= 15 is 0 Å². The second kappa shape index (κ2) is 12.8. The quantitative estimate of drug-likeness (QED) is 0.576. The van der Waals surface area contributed by atoms with Crippen LogP contribution < -0.4 is 0 Å². The van der Waals surface area contributed by atoms with Crippen molar-refractivity contribution in [3.05, 3.63) is 0 Å². The van der Waals surface area contributed by atoms with Crippen LogP contribution in [0.2, 0.25) is 0 Å². The van der Waals surface area contributed by atoms with E-state index in [-0.39, 0.29) is 17.4 Å². The summed E-state index contributed by atoms with van der Waals surface area (Å²) in [5, 5.41) is 0. The van der Waals surface area contributed by atoms with Crippen molar-refractivity contribution in [2.45, 2.75) is 51.4 Å². The molecule has 1 nitrogen and oxygen atoms in total. The molecule has 1 saturated carbocycles. The maximum Gasteiger partial charge on any atom is 0.281 e. The summed E-state index contributed by atoms with van der Waals surface area (Å²) < 4.78 is 0. The van der Waals surface area contributed by atoms with E-state index in [1.807, 2.05) is 0 Å². The molecule has 1 aliphatic rings. The van der Waals surface area contributed by atoms with Gasteiger partial charge in [0.05, 0.1) is 0 Å². The Hall–Kier alpha value is 0.202. The largest absolute Gasteiger partial charge is 0.281 e. The van der Waals surface area contributed by atoms with Crippen LogP contribution in [0.25, 0.3) is 0 Å². The molecule has 0 amide bonds. The predicted molar refractivity (Wildman–Crippen MR) is 42.6 cm³/mol. The van der Waals surface area contributed by atoms with Crippen LogP contribution >= 0.6 is 0 Å². The van der Waals surface area contributed by atoms with Gasteiger partial charge in [-0.05, 0) is 0 Å². The fourth-order valence-corrected chi connectivity index (χ4v) is 1.41. The molecule has 1 fully saturated rings. The predicted octanol–water partition coefficient (Wildman–Crippen LogP) is 2.72. The van der Waals surface area contributed by atoms with E-state index in [1.165, 1.54) is 51.4 Å². The summed E-state index contributed by atoms with van der Waals surface area (Å²) in [4.78, 5) is 7.50. The molecule has 2 heteroatoms. The van der Waals surface area contributed by atoms with E-state index < -0.39 is 0 Å². The fourth-order valence-electron chi connectivity index (χ4n) is 1.41. The maximum absolute atomic E-state index is 7.50. The van der Waals surface area contributed by atoms with E-state index in [9.17, 15) is 0 Å². The van der Waals surface area contributed by atoms with Crippen LogP contribution in [0, 0.1) is 0 Å². The first-order valence-electron chi connectivity index (χ1n) is 4.20. The molecule has 11 heavy (non-hydrogen) atoms. The van der Waals surface area contributed by atoms with Gasteiger partial charge in [0.25, 0.3) is 6.79 Å². The molecule has 0 bridgehead atoms. The summed E-state index contributed by atoms with van der Waals surface area (Å²) in [6.45, 7) is 4.50. The van der Waals surface area contributed by atoms with Crippen LogP contribution in [-0.4, -0.2) is 6.79 Å². The summed E-state index contributed by atoms with van der Waals surface area (Å²) in [7, 11) is 0. The molecule has 2 radical (unpaired) electrons. The van der Waals surface area contributed by atoms with Crippen molar-refractivity contribution < 1.29 is 22.2 Å². The third-order valence-electron chi connectivity index (χ3n) is 2.00. The van der Waals surface area contributed by atoms with Crippen molar-refractivity contribution in [1.82, 2.24) is 0 Å². The summed E-state index contributed by atoms with van der Waals surface area (Å²) in [5.41, 5.74) is 0. The average Bonchev–Trinajstić information content (AvgIpc) is 1.90. The Balaban J connectivity index is 0. The van der Waals surface area contributed by atoms with Gasteiger partial charge in [-0.1, -0.05) is 51.4 Å². The van der Waals surface area contributed by atoms with Gasteiger partial charge < -0.3 is 0 Å². The van der Waals surface area contributed by atoms with Gasteiger partial charge in [0.15, 0.2) is 0 Å². The van der Waals surface area contributed by atoms with Gasteiger partial charge >= 0.3 is 0 Å². The Morgan fingerprint density at radius 2 is 0.636 bits per heavy atom. The Bertz CT molecular complexity index is 42.6. The van der Waals surface area contributed by atoms with Crippen LogP contribution in [0.1, 0.15) is 51.4 Å². The molecule has 0 aromatic carbocycles. The van der Waals surface area contributed by atoms with Gasteiger partial charge in [-0.15, -0.1) is 0 Å². The van der Waals surface area contributed by atoms with Crippen LogP contribution in [0.3, 0.4) is 0 Å². The molecular formula is C9H16CrO. The van der Waals surface area contributed by atoms with Crippen LogP contribution in [-0.2, 0) is 22.2 Å². The first-order chi connectivity index (χ1) is 5.00. The molecule has 0 heterocycles. The topological polar surface area (TPSA) is 17.1 Å². The van der Waals surface area contributed by atoms with Crippen LogP contribution in [0.5, 0.6) is 0 Å². The standard InChI is InChI=1S/C8H16.CO.Cr/c1-2-4-6-8-7-5-3-1;1-2;/h1-8H2;;. The molecular weight excluding hydrogens is 176 g/mol. The SMILES string of the molecule is C1CCCCCCC1.[C]=O.[Cr]. The van der Waals surface area contributed by atoms with E-state index in [0.717, 1.165) is 0 Å². The van der Waals surface area contributed by atoms with Crippen molar-refractivity contribution in [3.63, 3.8) is 0 Å².